The number of nitrogens with one attached hydrogen (secondary N) is 3. The molecule has 9 heteroatoms. The number of esters is 1. The van der Waals surface area contributed by atoms with Crippen LogP contribution in [-0.2, 0) is 25.5 Å². The zero-order valence-electron chi connectivity index (χ0n) is 17.1. The van der Waals surface area contributed by atoms with Gasteiger partial charge < -0.3 is 20.7 Å². The SMILES string of the molecule is COC(=O)CNC(=O)Cc1ccc(NC(=O)CCCNC(=O)c2ccc(Cl)cc2)cc1. The second-order valence-electron chi connectivity index (χ2n) is 6.64. The molecule has 2 rings (SSSR count). The molecule has 8 nitrogen and oxygen atoms in total. The summed E-state index contributed by atoms with van der Waals surface area (Å²) < 4.78 is 4.46. The number of hydrogen-bond donors (Lipinski definition) is 3. The van der Waals surface area contributed by atoms with Crippen molar-refractivity contribution in [2.45, 2.75) is 19.3 Å². The molecule has 0 bridgehead atoms. The van der Waals surface area contributed by atoms with Crippen LogP contribution < -0.4 is 16.0 Å². The lowest BCUT2D eigenvalue weighted by atomic mass is 10.1. The van der Waals surface area contributed by atoms with E-state index in [-0.39, 0.29) is 37.1 Å². The molecule has 3 N–H and O–H groups in total. The average molecular weight is 446 g/mol. The molecule has 0 aliphatic heterocycles. The van der Waals surface area contributed by atoms with Gasteiger partial charge in [0, 0.05) is 29.2 Å². The lowest BCUT2D eigenvalue weighted by Crippen LogP contribution is -2.31. The lowest BCUT2D eigenvalue weighted by molar-refractivity contribution is -0.141. The van der Waals surface area contributed by atoms with Crippen LogP contribution in [0.25, 0.3) is 0 Å². The smallest absolute Gasteiger partial charge is 0.325 e. The highest BCUT2D eigenvalue weighted by molar-refractivity contribution is 6.30. The van der Waals surface area contributed by atoms with Crippen LogP contribution in [0.5, 0.6) is 0 Å². The number of amides is 3. The molecule has 0 saturated heterocycles. The van der Waals surface area contributed by atoms with Crippen molar-refractivity contribution in [2.75, 3.05) is 25.5 Å². The molecule has 164 valence electrons. The third-order valence-electron chi connectivity index (χ3n) is 4.23. The fourth-order valence-corrected chi connectivity index (χ4v) is 2.70. The number of benzene rings is 2. The van der Waals surface area contributed by atoms with E-state index in [1.165, 1.54) is 7.11 Å². The van der Waals surface area contributed by atoms with Crippen molar-refractivity contribution in [2.24, 2.45) is 0 Å². The highest BCUT2D eigenvalue weighted by Crippen LogP contribution is 2.11. The summed E-state index contributed by atoms with van der Waals surface area (Å²) in [5, 5.41) is 8.54. The Labute approximate surface area is 185 Å². The first-order valence-corrected chi connectivity index (χ1v) is 10.0. The van der Waals surface area contributed by atoms with E-state index in [0.717, 1.165) is 5.56 Å². The number of methoxy groups -OCH3 is 1. The maximum Gasteiger partial charge on any atom is 0.325 e. The van der Waals surface area contributed by atoms with Gasteiger partial charge in [-0.3, -0.25) is 19.2 Å². The first-order valence-electron chi connectivity index (χ1n) is 9.63. The molecular formula is C22H24ClN3O5. The number of anilines is 1. The minimum atomic E-state index is -0.518. The van der Waals surface area contributed by atoms with Crippen LogP contribution in [0.2, 0.25) is 5.02 Å². The molecule has 0 fully saturated rings. The highest BCUT2D eigenvalue weighted by atomic mass is 35.5. The third kappa shape index (κ3) is 8.88. The van der Waals surface area contributed by atoms with E-state index in [4.69, 9.17) is 11.6 Å². The highest BCUT2D eigenvalue weighted by Gasteiger charge is 2.08. The Kier molecular flexibility index (Phi) is 9.51. The van der Waals surface area contributed by atoms with Gasteiger partial charge in [0.1, 0.15) is 6.54 Å². The molecule has 0 aromatic heterocycles. The summed E-state index contributed by atoms with van der Waals surface area (Å²) in [5.74, 6) is -1.22. The summed E-state index contributed by atoms with van der Waals surface area (Å²) >= 11 is 5.79. The lowest BCUT2D eigenvalue weighted by Gasteiger charge is -2.08. The fraction of sp³-hybridized carbons (Fsp3) is 0.273. The molecule has 3 amide bonds. The van der Waals surface area contributed by atoms with Gasteiger partial charge in [0.25, 0.3) is 5.91 Å². The molecule has 0 saturated carbocycles. The number of hydrogen-bond acceptors (Lipinski definition) is 5. The second kappa shape index (κ2) is 12.3. The number of carbonyl (C=O) groups is 4. The average Bonchev–Trinajstić information content (AvgIpc) is 2.76. The predicted octanol–water partition coefficient (Wildman–Crippen LogP) is 2.32. The van der Waals surface area contributed by atoms with Gasteiger partial charge in [-0.05, 0) is 48.4 Å². The zero-order valence-corrected chi connectivity index (χ0v) is 17.8. The van der Waals surface area contributed by atoms with Crippen LogP contribution >= 0.6 is 11.6 Å². The standard InChI is InChI=1S/C22H24ClN3O5/c1-31-21(29)14-25-20(28)13-15-4-10-18(11-5-15)26-19(27)3-2-12-24-22(30)16-6-8-17(23)9-7-16/h4-11H,2-3,12-14H2,1H3,(H,24,30)(H,25,28)(H,26,27). The van der Waals surface area contributed by atoms with Crippen molar-refractivity contribution >= 4 is 41.0 Å². The van der Waals surface area contributed by atoms with Crippen molar-refractivity contribution in [1.29, 1.82) is 0 Å². The molecule has 0 radical (unpaired) electrons. The molecule has 0 spiro atoms. The molecule has 0 heterocycles. The minimum Gasteiger partial charge on any atom is -0.468 e. The van der Waals surface area contributed by atoms with E-state index in [0.29, 0.717) is 29.2 Å². The summed E-state index contributed by atoms with van der Waals surface area (Å²) in [7, 11) is 1.25. The molecule has 2 aromatic carbocycles. The Morgan fingerprint density at radius 1 is 0.903 bits per heavy atom. The van der Waals surface area contributed by atoms with Crippen LogP contribution in [0.1, 0.15) is 28.8 Å². The van der Waals surface area contributed by atoms with Gasteiger partial charge in [-0.1, -0.05) is 23.7 Å². The summed E-state index contributed by atoms with van der Waals surface area (Å²) in [6, 6.07) is 13.4. The Morgan fingerprint density at radius 3 is 2.23 bits per heavy atom. The number of carbonyl (C=O) groups excluding carboxylic acids is 4. The van der Waals surface area contributed by atoms with E-state index in [1.807, 2.05) is 0 Å². The Hall–Kier alpha value is -3.39. The number of halogens is 1. The third-order valence-corrected chi connectivity index (χ3v) is 4.48. The van der Waals surface area contributed by atoms with Crippen molar-refractivity contribution < 1.29 is 23.9 Å². The number of ether oxygens (including phenoxy) is 1. The zero-order chi connectivity index (χ0) is 22.6. The molecule has 0 aliphatic carbocycles. The van der Waals surface area contributed by atoms with Crippen LogP contribution in [0.3, 0.4) is 0 Å². The van der Waals surface area contributed by atoms with Crippen molar-refractivity contribution in [3.8, 4) is 0 Å². The monoisotopic (exact) mass is 445 g/mol. The van der Waals surface area contributed by atoms with Gasteiger partial charge in [-0.2, -0.15) is 0 Å². The summed E-state index contributed by atoms with van der Waals surface area (Å²) in [5.41, 5.74) is 1.85. The van der Waals surface area contributed by atoms with E-state index in [2.05, 4.69) is 20.7 Å². The maximum atomic E-state index is 12.1. The Morgan fingerprint density at radius 2 is 1.58 bits per heavy atom. The van der Waals surface area contributed by atoms with E-state index in [9.17, 15) is 19.2 Å². The summed E-state index contributed by atoms with van der Waals surface area (Å²) in [6.45, 7) is 0.193. The second-order valence-corrected chi connectivity index (χ2v) is 7.08. The van der Waals surface area contributed by atoms with E-state index in [1.54, 1.807) is 48.5 Å². The van der Waals surface area contributed by atoms with Gasteiger partial charge in [0.15, 0.2) is 0 Å². The molecule has 2 aromatic rings. The largest absolute Gasteiger partial charge is 0.468 e. The predicted molar refractivity (Wildman–Crippen MR) is 117 cm³/mol. The van der Waals surface area contributed by atoms with E-state index >= 15 is 0 Å². The maximum absolute atomic E-state index is 12.1. The first-order chi connectivity index (χ1) is 14.9. The van der Waals surface area contributed by atoms with Crippen molar-refractivity contribution in [3.63, 3.8) is 0 Å². The molecule has 0 atom stereocenters. The fourth-order valence-electron chi connectivity index (χ4n) is 2.57. The quantitative estimate of drug-likeness (QED) is 0.383. The normalized spacial score (nSPS) is 10.1. The Bertz CT molecular complexity index is 914. The minimum absolute atomic E-state index is 0.110. The molecule has 0 aliphatic rings. The van der Waals surface area contributed by atoms with Gasteiger partial charge in [0.05, 0.1) is 13.5 Å². The van der Waals surface area contributed by atoms with Gasteiger partial charge >= 0.3 is 5.97 Å². The molecular weight excluding hydrogens is 422 g/mol. The molecule has 31 heavy (non-hydrogen) atoms. The van der Waals surface area contributed by atoms with E-state index < -0.39 is 5.97 Å². The van der Waals surface area contributed by atoms with Gasteiger partial charge in [0.2, 0.25) is 11.8 Å². The van der Waals surface area contributed by atoms with Crippen LogP contribution in [-0.4, -0.2) is 43.9 Å². The van der Waals surface area contributed by atoms with Crippen LogP contribution in [0.15, 0.2) is 48.5 Å². The van der Waals surface area contributed by atoms with Crippen LogP contribution in [0.4, 0.5) is 5.69 Å². The summed E-state index contributed by atoms with van der Waals surface area (Å²) in [6.07, 6.45) is 0.848. The molecule has 0 unspecified atom stereocenters. The summed E-state index contributed by atoms with van der Waals surface area (Å²) in [4.78, 5) is 46.8. The van der Waals surface area contributed by atoms with Crippen molar-refractivity contribution in [1.82, 2.24) is 10.6 Å². The van der Waals surface area contributed by atoms with Gasteiger partial charge in [-0.15, -0.1) is 0 Å². The van der Waals surface area contributed by atoms with Crippen LogP contribution in [0, 0.1) is 0 Å². The first kappa shape index (κ1) is 23.9. The van der Waals surface area contributed by atoms with Gasteiger partial charge in [-0.25, -0.2) is 0 Å². The number of rotatable bonds is 10. The Balaban J connectivity index is 1.67. The van der Waals surface area contributed by atoms with Crippen molar-refractivity contribution in [3.05, 3.63) is 64.7 Å². The topological polar surface area (TPSA) is 114 Å².